The highest BCUT2D eigenvalue weighted by molar-refractivity contribution is 8.00. The molecular weight excluding hydrogens is 442 g/mol. The Morgan fingerprint density at radius 1 is 1.13 bits per heavy atom. The number of nitrogens with one attached hydrogen (secondary N) is 2. The van der Waals surface area contributed by atoms with Crippen LogP contribution in [-0.4, -0.2) is 33.1 Å². The third-order valence-electron chi connectivity index (χ3n) is 3.87. The molecule has 1 aromatic carbocycles. The van der Waals surface area contributed by atoms with Crippen LogP contribution in [0.25, 0.3) is 10.6 Å². The molecule has 0 aliphatic carbocycles. The van der Waals surface area contributed by atoms with Crippen molar-refractivity contribution in [2.24, 2.45) is 0 Å². The summed E-state index contributed by atoms with van der Waals surface area (Å²) in [6, 6.07) is 11.0. The number of carboxylic acids is 1. The maximum atomic E-state index is 12.5. The lowest BCUT2D eigenvalue weighted by atomic mass is 10.2. The minimum atomic E-state index is -1.02. The van der Waals surface area contributed by atoms with E-state index in [1.54, 1.807) is 36.5 Å². The number of aromatic nitrogens is 1. The third-order valence-corrected chi connectivity index (χ3v) is 6.62. The van der Waals surface area contributed by atoms with Gasteiger partial charge in [0, 0.05) is 22.4 Å². The second-order valence-corrected chi connectivity index (χ2v) is 9.45. The summed E-state index contributed by atoms with van der Waals surface area (Å²) in [5.41, 5.74) is 1.40. The van der Waals surface area contributed by atoms with Crippen LogP contribution in [0.5, 0.6) is 0 Å². The van der Waals surface area contributed by atoms with Crippen molar-refractivity contribution >= 4 is 63.0 Å². The van der Waals surface area contributed by atoms with E-state index in [4.69, 9.17) is 5.11 Å². The molecule has 3 rings (SSSR count). The van der Waals surface area contributed by atoms with E-state index in [0.29, 0.717) is 10.8 Å². The average molecular weight is 462 g/mol. The van der Waals surface area contributed by atoms with Crippen LogP contribution < -0.4 is 10.6 Å². The zero-order valence-electron chi connectivity index (χ0n) is 16.0. The van der Waals surface area contributed by atoms with Crippen LogP contribution >= 0.6 is 34.4 Å². The van der Waals surface area contributed by atoms with Crippen LogP contribution in [0.4, 0.5) is 10.8 Å². The molecule has 2 amide bonds. The molecule has 2 heterocycles. The normalized spacial score (nSPS) is 11.6. The van der Waals surface area contributed by atoms with Gasteiger partial charge in [0.05, 0.1) is 22.2 Å². The van der Waals surface area contributed by atoms with Crippen LogP contribution in [0.1, 0.15) is 19.8 Å². The smallest absolute Gasteiger partial charge is 0.303 e. The molecule has 0 bridgehead atoms. The second kappa shape index (κ2) is 10.4. The monoisotopic (exact) mass is 461 g/mol. The Labute approximate surface area is 185 Å². The Morgan fingerprint density at radius 2 is 1.97 bits per heavy atom. The van der Waals surface area contributed by atoms with Crippen molar-refractivity contribution in [2.45, 2.75) is 29.9 Å². The third kappa shape index (κ3) is 6.41. The summed E-state index contributed by atoms with van der Waals surface area (Å²) in [4.78, 5) is 41.2. The first-order valence-corrected chi connectivity index (χ1v) is 11.6. The summed E-state index contributed by atoms with van der Waals surface area (Å²) in [6.45, 7) is 1.80. The number of hydrogen-bond donors (Lipinski definition) is 3. The number of nitrogens with zero attached hydrogens (tertiary/aromatic N) is 1. The number of thiazole rings is 1. The van der Waals surface area contributed by atoms with Gasteiger partial charge in [0.15, 0.2) is 5.13 Å². The van der Waals surface area contributed by atoms with Crippen molar-refractivity contribution in [3.05, 3.63) is 47.2 Å². The molecule has 10 heteroatoms. The predicted octanol–water partition coefficient (Wildman–Crippen LogP) is 4.79. The van der Waals surface area contributed by atoms with Gasteiger partial charge in [-0.1, -0.05) is 12.1 Å². The van der Waals surface area contributed by atoms with E-state index in [-0.39, 0.29) is 29.9 Å². The zero-order chi connectivity index (χ0) is 21.5. The highest BCUT2D eigenvalue weighted by atomic mass is 32.2. The zero-order valence-corrected chi connectivity index (χ0v) is 18.4. The van der Waals surface area contributed by atoms with Gasteiger partial charge < -0.3 is 15.7 Å². The quantitative estimate of drug-likeness (QED) is 0.395. The number of rotatable bonds is 9. The van der Waals surface area contributed by atoms with E-state index in [9.17, 15) is 14.4 Å². The Hall–Kier alpha value is -2.69. The molecule has 3 aromatic rings. The summed E-state index contributed by atoms with van der Waals surface area (Å²) in [5, 5.41) is 18.2. The molecule has 30 heavy (non-hydrogen) atoms. The molecule has 156 valence electrons. The Kier molecular flexibility index (Phi) is 7.61. The van der Waals surface area contributed by atoms with E-state index in [2.05, 4.69) is 15.6 Å². The van der Waals surface area contributed by atoms with E-state index in [0.717, 1.165) is 15.5 Å². The van der Waals surface area contributed by atoms with Crippen molar-refractivity contribution in [2.75, 3.05) is 10.6 Å². The molecule has 0 aliphatic rings. The number of carboxylic acid groups (broad SMARTS) is 1. The first kappa shape index (κ1) is 22.0. The van der Waals surface area contributed by atoms with Gasteiger partial charge in [-0.25, -0.2) is 4.98 Å². The fourth-order valence-corrected chi connectivity index (χ4v) is 4.83. The van der Waals surface area contributed by atoms with E-state index >= 15 is 0 Å². The molecule has 0 fully saturated rings. The van der Waals surface area contributed by atoms with Gasteiger partial charge in [-0.2, -0.15) is 0 Å². The van der Waals surface area contributed by atoms with Crippen molar-refractivity contribution < 1.29 is 19.5 Å². The molecule has 1 atom stereocenters. The van der Waals surface area contributed by atoms with Crippen LogP contribution in [0.3, 0.4) is 0 Å². The van der Waals surface area contributed by atoms with Crippen molar-refractivity contribution in [1.29, 1.82) is 0 Å². The number of anilines is 2. The van der Waals surface area contributed by atoms with Gasteiger partial charge in [0.1, 0.15) is 0 Å². The molecule has 1 unspecified atom stereocenters. The van der Waals surface area contributed by atoms with Crippen LogP contribution in [0, 0.1) is 0 Å². The highest BCUT2D eigenvalue weighted by Crippen LogP contribution is 2.30. The summed E-state index contributed by atoms with van der Waals surface area (Å²) in [5.74, 6) is -1.55. The largest absolute Gasteiger partial charge is 0.481 e. The first-order chi connectivity index (χ1) is 14.4. The Bertz CT molecular complexity index is 1030. The first-order valence-electron chi connectivity index (χ1n) is 8.99. The topological polar surface area (TPSA) is 108 Å². The lowest BCUT2D eigenvalue weighted by Gasteiger charge is -2.12. The SMILES string of the molecule is CC(Sc1cccc(NC(=O)CCC(=O)O)c1)C(=O)Nc1nc(-c2cccs2)cs1. The molecule has 3 N–H and O–H groups in total. The number of carbonyl (C=O) groups excluding carboxylic acids is 2. The van der Waals surface area contributed by atoms with Gasteiger partial charge >= 0.3 is 5.97 Å². The van der Waals surface area contributed by atoms with Crippen LogP contribution in [-0.2, 0) is 14.4 Å². The molecule has 2 aromatic heterocycles. The standard InChI is InChI=1S/C20H19N3O4S3/c1-12(19(27)23-20-22-15(11-29-20)16-6-3-9-28-16)30-14-5-2-4-13(10-14)21-17(24)7-8-18(25)26/h2-6,9-12H,7-8H2,1H3,(H,21,24)(H,25,26)(H,22,23,27). The fourth-order valence-electron chi connectivity index (χ4n) is 2.42. The van der Waals surface area contributed by atoms with E-state index in [1.165, 1.54) is 23.1 Å². The minimum Gasteiger partial charge on any atom is -0.481 e. The number of aliphatic carboxylic acids is 1. The molecule has 0 spiro atoms. The minimum absolute atomic E-state index is 0.0905. The highest BCUT2D eigenvalue weighted by Gasteiger charge is 2.17. The van der Waals surface area contributed by atoms with Crippen molar-refractivity contribution in [3.8, 4) is 10.6 Å². The Morgan fingerprint density at radius 3 is 2.70 bits per heavy atom. The van der Waals surface area contributed by atoms with Crippen molar-refractivity contribution in [3.63, 3.8) is 0 Å². The molecule has 7 nitrogen and oxygen atoms in total. The Balaban J connectivity index is 1.55. The summed E-state index contributed by atoms with van der Waals surface area (Å²) >= 11 is 4.33. The summed E-state index contributed by atoms with van der Waals surface area (Å²) in [7, 11) is 0. The molecular formula is C20H19N3O4S3. The number of benzene rings is 1. The number of thiophene rings is 1. The maximum absolute atomic E-state index is 12.5. The number of amides is 2. The summed E-state index contributed by atoms with van der Waals surface area (Å²) < 4.78 is 0. The van der Waals surface area contributed by atoms with Crippen molar-refractivity contribution in [1.82, 2.24) is 4.98 Å². The van der Waals surface area contributed by atoms with Crippen LogP contribution in [0.2, 0.25) is 0 Å². The molecule has 0 radical (unpaired) electrons. The van der Waals surface area contributed by atoms with Gasteiger partial charge in [0.25, 0.3) is 0 Å². The van der Waals surface area contributed by atoms with Crippen LogP contribution in [0.15, 0.2) is 52.1 Å². The lowest BCUT2D eigenvalue weighted by molar-refractivity contribution is -0.138. The second-order valence-electron chi connectivity index (χ2n) is 6.23. The average Bonchev–Trinajstić information content (AvgIpc) is 3.38. The fraction of sp³-hybridized carbons (Fsp3) is 0.200. The number of hydrogen-bond acceptors (Lipinski definition) is 7. The summed E-state index contributed by atoms with van der Waals surface area (Å²) in [6.07, 6.45) is -0.310. The van der Waals surface area contributed by atoms with Gasteiger partial charge in [-0.3, -0.25) is 14.4 Å². The number of carbonyl (C=O) groups is 3. The van der Waals surface area contributed by atoms with Gasteiger partial charge in [-0.15, -0.1) is 34.4 Å². The van der Waals surface area contributed by atoms with E-state index < -0.39 is 5.97 Å². The maximum Gasteiger partial charge on any atom is 0.303 e. The molecule has 0 saturated carbocycles. The van der Waals surface area contributed by atoms with E-state index in [1.807, 2.05) is 29.0 Å². The molecule has 0 aliphatic heterocycles. The lowest BCUT2D eigenvalue weighted by Crippen LogP contribution is -2.22. The van der Waals surface area contributed by atoms with Gasteiger partial charge in [-0.05, 0) is 36.6 Å². The molecule has 0 saturated heterocycles. The predicted molar refractivity (Wildman–Crippen MR) is 121 cm³/mol. The number of thioether (sulfide) groups is 1. The van der Waals surface area contributed by atoms with Gasteiger partial charge in [0.2, 0.25) is 11.8 Å².